The fraction of sp³-hybridized carbons (Fsp3) is 0.778. The van der Waals surface area contributed by atoms with Gasteiger partial charge in [0.15, 0.2) is 12.4 Å². The van der Waals surface area contributed by atoms with Crippen LogP contribution >= 0.6 is 0 Å². The van der Waals surface area contributed by atoms with Crippen LogP contribution in [0, 0.1) is 0 Å². The summed E-state index contributed by atoms with van der Waals surface area (Å²) in [5.41, 5.74) is 0. The Morgan fingerprint density at radius 1 is 0.603 bits per heavy atom. The number of aliphatic hydroxyl groups excluding tert-OH is 3. The first-order valence-corrected chi connectivity index (χ1v) is 23.8. The quantitative estimate of drug-likeness (QED) is 0.0204. The van der Waals surface area contributed by atoms with Crippen LogP contribution in [0.5, 0.6) is 0 Å². The first-order chi connectivity index (χ1) is 28.0. The molecule has 0 aromatic heterocycles. The molecule has 0 spiro atoms. The zero-order valence-corrected chi connectivity index (χ0v) is 36.5. The number of hydrogen-bond acceptors (Lipinski definition) is 11. The highest BCUT2D eigenvalue weighted by Gasteiger charge is 2.46. The number of rotatable bonds is 36. The predicted molar refractivity (Wildman–Crippen MR) is 229 cm³/mol. The minimum Gasteiger partial charge on any atom is -0.462 e. The van der Waals surface area contributed by atoms with Gasteiger partial charge < -0.3 is 34.3 Å². The summed E-state index contributed by atoms with van der Waals surface area (Å²) >= 11 is 0. The van der Waals surface area contributed by atoms with Gasteiger partial charge in [-0.3, -0.25) is 14.1 Å². The molecule has 0 amide bonds. The first kappa shape index (κ1) is 53.6. The van der Waals surface area contributed by atoms with Crippen molar-refractivity contribution < 1.29 is 56.8 Å². The highest BCUT2D eigenvalue weighted by molar-refractivity contribution is 7.85. The summed E-state index contributed by atoms with van der Waals surface area (Å²) in [6.45, 7) is 3.59. The largest absolute Gasteiger partial charge is 0.462 e. The van der Waals surface area contributed by atoms with Gasteiger partial charge in [-0.15, -0.1) is 0 Å². The maximum atomic E-state index is 12.8. The minimum atomic E-state index is -4.60. The van der Waals surface area contributed by atoms with Crippen LogP contribution in [0.15, 0.2) is 48.6 Å². The third-order valence-electron chi connectivity index (χ3n) is 9.89. The lowest BCUT2D eigenvalue weighted by molar-refractivity contribution is -0.297. The Morgan fingerprint density at radius 3 is 1.64 bits per heavy atom. The van der Waals surface area contributed by atoms with E-state index in [1.54, 1.807) is 0 Å². The fourth-order valence-electron chi connectivity index (χ4n) is 6.44. The number of esters is 2. The van der Waals surface area contributed by atoms with Crippen LogP contribution in [0.4, 0.5) is 0 Å². The van der Waals surface area contributed by atoms with Gasteiger partial charge >= 0.3 is 11.9 Å². The minimum absolute atomic E-state index is 0.143. The van der Waals surface area contributed by atoms with E-state index in [0.717, 1.165) is 70.6 Å². The maximum Gasteiger partial charge on any atom is 0.306 e. The van der Waals surface area contributed by atoms with Gasteiger partial charge in [0.25, 0.3) is 10.1 Å². The molecular formula is C45H78O12S. The van der Waals surface area contributed by atoms with Crippen LogP contribution in [0.2, 0.25) is 0 Å². The van der Waals surface area contributed by atoms with Crippen molar-refractivity contribution in [1.82, 2.24) is 0 Å². The first-order valence-electron chi connectivity index (χ1n) is 22.2. The average molecular weight is 843 g/mol. The van der Waals surface area contributed by atoms with E-state index in [1.807, 2.05) is 0 Å². The van der Waals surface area contributed by atoms with Gasteiger partial charge in [-0.05, 0) is 64.2 Å². The lowest BCUT2D eigenvalue weighted by atomic mass is 10.00. The van der Waals surface area contributed by atoms with E-state index in [4.69, 9.17) is 18.9 Å². The molecule has 1 fully saturated rings. The molecular weight excluding hydrogens is 765 g/mol. The van der Waals surface area contributed by atoms with Crippen LogP contribution in [-0.2, 0) is 38.7 Å². The molecule has 336 valence electrons. The van der Waals surface area contributed by atoms with E-state index in [9.17, 15) is 37.9 Å². The third kappa shape index (κ3) is 29.8. The zero-order valence-electron chi connectivity index (χ0n) is 35.6. The summed E-state index contributed by atoms with van der Waals surface area (Å²) in [6, 6.07) is 0. The molecule has 4 N–H and O–H groups in total. The van der Waals surface area contributed by atoms with Crippen LogP contribution in [-0.4, -0.2) is 96.0 Å². The summed E-state index contributed by atoms with van der Waals surface area (Å²) in [7, 11) is -4.60. The molecule has 0 saturated carbocycles. The van der Waals surface area contributed by atoms with Crippen molar-refractivity contribution in [2.75, 3.05) is 19.0 Å². The lowest BCUT2D eigenvalue weighted by Crippen LogP contribution is -2.60. The van der Waals surface area contributed by atoms with E-state index in [-0.39, 0.29) is 19.4 Å². The number of unbranched alkanes of at least 4 members (excludes halogenated alkanes) is 16. The molecule has 0 aromatic carbocycles. The summed E-state index contributed by atoms with van der Waals surface area (Å²) in [6.07, 6.45) is 31.5. The molecule has 12 nitrogen and oxygen atoms in total. The SMILES string of the molecule is CC/C=C/C/C=C/C/C=C/CCCCCCCC(=O)O[C@H](COC(=O)CCCCCCCCCCC/C=C/CCCC)CO[C@H]1O[C@H](CS(=O)(=O)O)[C@@H](O)C(O)C1O. The molecule has 0 aromatic rings. The summed E-state index contributed by atoms with van der Waals surface area (Å²) in [5, 5.41) is 30.9. The van der Waals surface area contributed by atoms with Gasteiger partial charge in [-0.25, -0.2) is 0 Å². The molecule has 0 aliphatic carbocycles. The second-order valence-electron chi connectivity index (χ2n) is 15.3. The molecule has 0 radical (unpaired) electrons. The molecule has 1 rings (SSSR count). The Morgan fingerprint density at radius 2 is 1.09 bits per heavy atom. The van der Waals surface area contributed by atoms with Crippen molar-refractivity contribution in [1.29, 1.82) is 0 Å². The second-order valence-corrected chi connectivity index (χ2v) is 16.8. The van der Waals surface area contributed by atoms with Crippen LogP contribution < -0.4 is 0 Å². The van der Waals surface area contributed by atoms with E-state index in [0.29, 0.717) is 12.8 Å². The summed E-state index contributed by atoms with van der Waals surface area (Å²) in [4.78, 5) is 25.4. The Balaban J connectivity index is 2.47. The van der Waals surface area contributed by atoms with E-state index >= 15 is 0 Å². The number of hydrogen-bond donors (Lipinski definition) is 4. The van der Waals surface area contributed by atoms with Crippen molar-refractivity contribution in [3.8, 4) is 0 Å². The molecule has 6 atom stereocenters. The summed E-state index contributed by atoms with van der Waals surface area (Å²) in [5.74, 6) is -2.01. The van der Waals surface area contributed by atoms with Gasteiger partial charge in [0.2, 0.25) is 0 Å². The zero-order chi connectivity index (χ0) is 42.7. The number of carbonyl (C=O) groups excluding carboxylic acids is 2. The third-order valence-corrected chi connectivity index (χ3v) is 10.6. The molecule has 58 heavy (non-hydrogen) atoms. The van der Waals surface area contributed by atoms with Crippen LogP contribution in [0.3, 0.4) is 0 Å². The normalized spacial score (nSPS) is 20.8. The Bertz CT molecular complexity index is 1260. The fourth-order valence-corrected chi connectivity index (χ4v) is 7.13. The van der Waals surface area contributed by atoms with Crippen molar-refractivity contribution in [2.45, 2.75) is 205 Å². The standard InChI is InChI=1S/C45H78O12S/c1-3-5-7-9-11-13-15-17-19-21-23-25-27-29-31-33-40(46)54-35-38(36-55-45-44(50)43(49)42(48)39(57-45)37-58(51,52)53)56-41(47)34-32-30-28-26-24-22-20-18-16-14-12-10-8-6-4-2/h6,8-9,11-12,14,18,20,38-39,42-45,48-50H,3-5,7,10,13,15-17,19,21-37H2,1-2H3,(H,51,52,53)/b8-6+,11-9+,14-12+,20-18+/t38-,39-,42-,43?,44?,45+/m1/s1. The van der Waals surface area contributed by atoms with Crippen molar-refractivity contribution in [3.05, 3.63) is 48.6 Å². The molecule has 1 aliphatic heterocycles. The molecule has 1 saturated heterocycles. The Kier molecular flexibility index (Phi) is 32.7. The maximum absolute atomic E-state index is 12.8. The Labute approximate surface area is 350 Å². The average Bonchev–Trinajstić information content (AvgIpc) is 3.18. The van der Waals surface area contributed by atoms with E-state index in [2.05, 4.69) is 62.5 Å². The molecule has 1 aliphatic rings. The number of allylic oxidation sites excluding steroid dienone is 8. The van der Waals surface area contributed by atoms with Gasteiger partial charge in [0.1, 0.15) is 36.8 Å². The predicted octanol–water partition coefficient (Wildman–Crippen LogP) is 8.78. The van der Waals surface area contributed by atoms with Gasteiger partial charge in [0.05, 0.1) is 6.61 Å². The molecule has 2 unspecified atom stereocenters. The van der Waals surface area contributed by atoms with E-state index < -0.39 is 71.2 Å². The molecule has 1 heterocycles. The topological polar surface area (TPSA) is 186 Å². The van der Waals surface area contributed by atoms with Gasteiger partial charge in [0, 0.05) is 12.8 Å². The highest BCUT2D eigenvalue weighted by Crippen LogP contribution is 2.24. The van der Waals surface area contributed by atoms with Gasteiger partial charge in [-0.1, -0.05) is 140 Å². The smallest absolute Gasteiger partial charge is 0.306 e. The second kappa shape index (κ2) is 35.4. The number of carbonyl (C=O) groups is 2. The van der Waals surface area contributed by atoms with Crippen LogP contribution in [0.25, 0.3) is 0 Å². The van der Waals surface area contributed by atoms with Crippen molar-refractivity contribution >= 4 is 22.1 Å². The highest BCUT2D eigenvalue weighted by atomic mass is 32.2. The lowest BCUT2D eigenvalue weighted by Gasteiger charge is -2.40. The van der Waals surface area contributed by atoms with Crippen LogP contribution in [0.1, 0.15) is 168 Å². The van der Waals surface area contributed by atoms with Crippen molar-refractivity contribution in [2.24, 2.45) is 0 Å². The Hall–Kier alpha value is -2.39. The van der Waals surface area contributed by atoms with E-state index in [1.165, 1.54) is 57.8 Å². The number of aliphatic hydroxyl groups is 3. The molecule has 13 heteroatoms. The van der Waals surface area contributed by atoms with Gasteiger partial charge in [-0.2, -0.15) is 8.42 Å². The van der Waals surface area contributed by atoms with Crippen molar-refractivity contribution in [3.63, 3.8) is 0 Å². The summed E-state index contributed by atoms with van der Waals surface area (Å²) < 4.78 is 54.0. The number of ether oxygens (including phenoxy) is 4. The molecule has 0 bridgehead atoms. The monoisotopic (exact) mass is 843 g/mol.